The van der Waals surface area contributed by atoms with Gasteiger partial charge in [-0.1, -0.05) is 12.1 Å². The van der Waals surface area contributed by atoms with Crippen LogP contribution in [0, 0.1) is 0 Å². The number of rotatable bonds is 8. The molecular weight excluding hydrogens is 385 g/mol. The Morgan fingerprint density at radius 1 is 1.28 bits per heavy atom. The number of hydrogen-bond acceptors (Lipinski definition) is 5. The molecule has 0 aromatic heterocycles. The van der Waals surface area contributed by atoms with E-state index in [-0.39, 0.29) is 36.9 Å². The second-order valence-corrected chi connectivity index (χ2v) is 7.52. The average Bonchev–Trinajstić information content (AvgIpc) is 2.44. The van der Waals surface area contributed by atoms with Gasteiger partial charge in [0.05, 0.1) is 11.8 Å². The highest BCUT2D eigenvalue weighted by Gasteiger charge is 2.30. The summed E-state index contributed by atoms with van der Waals surface area (Å²) >= 11 is 0. The largest absolute Gasteiger partial charge is 0.573 e. The van der Waals surface area contributed by atoms with Gasteiger partial charge in [-0.2, -0.15) is 0 Å². The van der Waals surface area contributed by atoms with Crippen LogP contribution < -0.4 is 15.8 Å². The van der Waals surface area contributed by atoms with Crippen LogP contribution in [-0.4, -0.2) is 45.3 Å². The summed E-state index contributed by atoms with van der Waals surface area (Å²) in [5, 5.41) is 2.55. The Balaban J connectivity index is 0.00000576. The number of ether oxygens (including phenoxy) is 1. The number of sulfone groups is 1. The van der Waals surface area contributed by atoms with Gasteiger partial charge >= 0.3 is 6.36 Å². The van der Waals surface area contributed by atoms with Crippen molar-refractivity contribution in [3.8, 4) is 5.75 Å². The Morgan fingerprint density at radius 3 is 2.32 bits per heavy atom. The lowest BCUT2D eigenvalue weighted by Crippen LogP contribution is -2.42. The van der Waals surface area contributed by atoms with Gasteiger partial charge in [0.1, 0.15) is 15.6 Å². The first-order valence-corrected chi connectivity index (χ1v) is 9.08. The number of amides is 1. The summed E-state index contributed by atoms with van der Waals surface area (Å²) in [5.41, 5.74) is 6.29. The highest BCUT2D eigenvalue weighted by atomic mass is 35.5. The van der Waals surface area contributed by atoms with Crippen LogP contribution in [0.1, 0.15) is 12.0 Å². The molecular formula is C14H20ClF3N2O4S. The van der Waals surface area contributed by atoms with Crippen LogP contribution >= 0.6 is 12.4 Å². The maximum atomic E-state index is 12.0. The summed E-state index contributed by atoms with van der Waals surface area (Å²) in [6, 6.07) is 4.35. The van der Waals surface area contributed by atoms with Crippen LogP contribution in [0.3, 0.4) is 0 Å². The normalized spacial score (nSPS) is 12.8. The van der Waals surface area contributed by atoms with E-state index in [1.807, 2.05) is 0 Å². The van der Waals surface area contributed by atoms with Gasteiger partial charge in [0, 0.05) is 12.8 Å². The maximum absolute atomic E-state index is 12.0. The van der Waals surface area contributed by atoms with Crippen LogP contribution in [0.15, 0.2) is 24.3 Å². The lowest BCUT2D eigenvalue weighted by molar-refractivity contribution is -0.274. The summed E-state index contributed by atoms with van der Waals surface area (Å²) in [4.78, 5) is 11.7. The highest BCUT2D eigenvalue weighted by molar-refractivity contribution is 7.90. The zero-order valence-corrected chi connectivity index (χ0v) is 15.0. The van der Waals surface area contributed by atoms with E-state index in [9.17, 15) is 26.4 Å². The quantitative estimate of drug-likeness (QED) is 0.683. The van der Waals surface area contributed by atoms with E-state index < -0.39 is 28.1 Å². The minimum atomic E-state index is -4.74. The summed E-state index contributed by atoms with van der Waals surface area (Å²) in [6.07, 6.45) is -3.27. The van der Waals surface area contributed by atoms with Gasteiger partial charge in [-0.15, -0.1) is 25.6 Å². The molecule has 0 aliphatic carbocycles. The lowest BCUT2D eigenvalue weighted by Gasteiger charge is -2.12. The molecule has 1 aromatic carbocycles. The van der Waals surface area contributed by atoms with Crippen molar-refractivity contribution in [3.63, 3.8) is 0 Å². The summed E-state index contributed by atoms with van der Waals surface area (Å²) in [5.74, 6) is -0.976. The minimum absolute atomic E-state index is 0. The van der Waals surface area contributed by atoms with E-state index in [1.54, 1.807) is 0 Å². The first-order chi connectivity index (χ1) is 11.0. The zero-order chi connectivity index (χ0) is 18.4. The van der Waals surface area contributed by atoms with Gasteiger partial charge in [0.2, 0.25) is 5.91 Å². The molecule has 0 saturated heterocycles. The number of benzene rings is 1. The first kappa shape index (κ1) is 23.5. The van der Waals surface area contributed by atoms with Gasteiger partial charge in [0.15, 0.2) is 0 Å². The molecule has 1 rings (SSSR count). The van der Waals surface area contributed by atoms with Crippen molar-refractivity contribution in [2.75, 3.05) is 18.6 Å². The van der Waals surface area contributed by atoms with E-state index in [1.165, 1.54) is 24.3 Å². The molecule has 0 saturated carbocycles. The number of nitrogens with one attached hydrogen (secondary N) is 1. The van der Waals surface area contributed by atoms with E-state index >= 15 is 0 Å². The number of halogens is 4. The van der Waals surface area contributed by atoms with Crippen molar-refractivity contribution in [1.29, 1.82) is 0 Å². The molecule has 25 heavy (non-hydrogen) atoms. The molecule has 0 bridgehead atoms. The van der Waals surface area contributed by atoms with Crippen molar-refractivity contribution < 1.29 is 31.1 Å². The molecule has 11 heteroatoms. The van der Waals surface area contributed by atoms with Gasteiger partial charge in [-0.05, 0) is 30.5 Å². The molecule has 0 heterocycles. The molecule has 1 aromatic rings. The highest BCUT2D eigenvalue weighted by Crippen LogP contribution is 2.22. The molecule has 0 aliphatic heterocycles. The van der Waals surface area contributed by atoms with Gasteiger partial charge < -0.3 is 15.8 Å². The second-order valence-electron chi connectivity index (χ2n) is 5.26. The third kappa shape index (κ3) is 10.8. The van der Waals surface area contributed by atoms with Crippen LogP contribution in [0.5, 0.6) is 5.75 Å². The monoisotopic (exact) mass is 404 g/mol. The Kier molecular flexibility index (Phi) is 9.23. The third-order valence-electron chi connectivity index (χ3n) is 3.01. The van der Waals surface area contributed by atoms with Crippen molar-refractivity contribution in [2.45, 2.75) is 25.2 Å². The van der Waals surface area contributed by atoms with E-state index in [0.717, 1.165) is 6.26 Å². The number of carbonyl (C=O) groups is 1. The fourth-order valence-corrected chi connectivity index (χ4v) is 2.47. The van der Waals surface area contributed by atoms with Crippen molar-refractivity contribution >= 4 is 28.2 Å². The van der Waals surface area contributed by atoms with E-state index in [0.29, 0.717) is 12.0 Å². The molecule has 3 N–H and O–H groups in total. The molecule has 0 spiro atoms. The van der Waals surface area contributed by atoms with Gasteiger partial charge in [-0.3, -0.25) is 4.79 Å². The lowest BCUT2D eigenvalue weighted by atomic mass is 10.1. The molecule has 1 atom stereocenters. The molecule has 1 unspecified atom stereocenters. The van der Waals surface area contributed by atoms with Gasteiger partial charge in [0.25, 0.3) is 0 Å². The standard InChI is InChI=1S/C14H19F3N2O4S.ClH/c1-24(21,22)9-7-12(18)13(20)19-8-6-10-2-4-11(5-3-10)23-14(15,16)17;/h2-5,12H,6-9,18H2,1H3,(H,19,20);1H. The fourth-order valence-electron chi connectivity index (χ4n) is 1.79. The second kappa shape index (κ2) is 9.83. The smallest absolute Gasteiger partial charge is 0.406 e. The predicted octanol–water partition coefficient (Wildman–Crippen LogP) is 1.43. The summed E-state index contributed by atoms with van der Waals surface area (Å²) in [7, 11) is -3.19. The van der Waals surface area contributed by atoms with E-state index in [4.69, 9.17) is 5.73 Å². The van der Waals surface area contributed by atoms with Gasteiger partial charge in [-0.25, -0.2) is 8.42 Å². The fraction of sp³-hybridized carbons (Fsp3) is 0.500. The molecule has 6 nitrogen and oxygen atoms in total. The summed E-state index contributed by atoms with van der Waals surface area (Å²) in [6.45, 7) is 0.227. The number of alkyl halides is 3. The van der Waals surface area contributed by atoms with Crippen molar-refractivity contribution in [2.24, 2.45) is 5.73 Å². The minimum Gasteiger partial charge on any atom is -0.406 e. The topological polar surface area (TPSA) is 98.5 Å². The molecule has 0 radical (unpaired) electrons. The third-order valence-corrected chi connectivity index (χ3v) is 3.98. The number of nitrogens with two attached hydrogens (primary N) is 1. The maximum Gasteiger partial charge on any atom is 0.573 e. The first-order valence-electron chi connectivity index (χ1n) is 7.02. The van der Waals surface area contributed by atoms with Crippen LogP contribution in [0.2, 0.25) is 0 Å². The zero-order valence-electron chi connectivity index (χ0n) is 13.4. The SMILES string of the molecule is CS(=O)(=O)CCC(N)C(=O)NCCc1ccc(OC(F)(F)F)cc1.Cl. The van der Waals surface area contributed by atoms with Crippen LogP contribution in [0.4, 0.5) is 13.2 Å². The molecule has 144 valence electrons. The number of hydrogen-bond donors (Lipinski definition) is 2. The number of carbonyl (C=O) groups excluding carboxylic acids is 1. The molecule has 1 amide bonds. The van der Waals surface area contributed by atoms with Crippen molar-refractivity contribution in [3.05, 3.63) is 29.8 Å². The Morgan fingerprint density at radius 2 is 1.84 bits per heavy atom. The Bertz CT molecular complexity index is 651. The predicted molar refractivity (Wildman–Crippen MR) is 89.4 cm³/mol. The van der Waals surface area contributed by atoms with Crippen molar-refractivity contribution in [1.82, 2.24) is 5.32 Å². The Labute approximate surface area is 150 Å². The van der Waals surface area contributed by atoms with Crippen LogP contribution in [-0.2, 0) is 21.1 Å². The Hall–Kier alpha value is -1.52. The van der Waals surface area contributed by atoms with Crippen LogP contribution in [0.25, 0.3) is 0 Å². The molecule has 0 fully saturated rings. The average molecular weight is 405 g/mol. The van der Waals surface area contributed by atoms with E-state index in [2.05, 4.69) is 10.1 Å². The molecule has 0 aliphatic rings. The summed E-state index contributed by atoms with van der Waals surface area (Å²) < 4.78 is 61.8.